The Morgan fingerprint density at radius 3 is 2.43 bits per heavy atom. The summed E-state index contributed by atoms with van der Waals surface area (Å²) in [5, 5.41) is 0. The first-order chi connectivity index (χ1) is 3.27. The maximum atomic E-state index is 3.53. The highest BCUT2D eigenvalue weighted by molar-refractivity contribution is 5.31. The number of hydrogen-bond acceptors (Lipinski definition) is 1. The molecular formula is C6H7N. The Morgan fingerprint density at radius 1 is 1.71 bits per heavy atom. The zero-order chi connectivity index (χ0) is 5.70. The summed E-state index contributed by atoms with van der Waals surface area (Å²) < 4.78 is 0. The van der Waals surface area contributed by atoms with Crippen LogP contribution >= 0.6 is 0 Å². The summed E-state index contributed by atoms with van der Waals surface area (Å²) in [5.74, 6) is 2.62. The second-order valence-corrected chi connectivity index (χ2v) is 1.18. The number of aliphatic imine (C=N–C) groups is 1. The predicted molar refractivity (Wildman–Crippen MR) is 32.1 cm³/mol. The van der Waals surface area contributed by atoms with Crippen LogP contribution in [-0.2, 0) is 0 Å². The van der Waals surface area contributed by atoms with Crippen molar-refractivity contribution in [3.05, 3.63) is 12.2 Å². The van der Waals surface area contributed by atoms with Crippen LogP contribution in [0.5, 0.6) is 0 Å². The van der Waals surface area contributed by atoms with E-state index in [-0.39, 0.29) is 0 Å². The third kappa shape index (κ3) is 4.97. The molecular weight excluding hydrogens is 86.1 g/mol. The molecule has 0 aliphatic heterocycles. The van der Waals surface area contributed by atoms with Crippen LogP contribution in [0.1, 0.15) is 6.92 Å². The largest absolute Gasteiger partial charge is 0.214 e. The summed E-state index contributed by atoms with van der Waals surface area (Å²) in [7, 11) is 0. The second kappa shape index (κ2) is 3.17. The molecule has 0 aromatic carbocycles. The van der Waals surface area contributed by atoms with E-state index in [1.807, 2.05) is 6.92 Å². The molecule has 0 amide bonds. The van der Waals surface area contributed by atoms with Gasteiger partial charge in [0.15, 0.2) is 0 Å². The first-order valence-electron chi connectivity index (χ1n) is 1.89. The lowest BCUT2D eigenvalue weighted by Gasteiger charge is -1.70. The highest BCUT2D eigenvalue weighted by Gasteiger charge is 1.64. The van der Waals surface area contributed by atoms with Crippen molar-refractivity contribution in [2.75, 3.05) is 0 Å². The lowest BCUT2D eigenvalue weighted by Crippen LogP contribution is -1.57. The Hall–Kier alpha value is -1.03. The van der Waals surface area contributed by atoms with Crippen molar-refractivity contribution < 1.29 is 0 Å². The minimum atomic E-state index is 0.812. The van der Waals surface area contributed by atoms with E-state index in [4.69, 9.17) is 0 Å². The quantitative estimate of drug-likeness (QED) is 0.315. The third-order valence-electron chi connectivity index (χ3n) is 0.348. The predicted octanol–water partition coefficient (Wildman–Crippen LogP) is 1.22. The summed E-state index contributed by atoms with van der Waals surface area (Å²) >= 11 is 0. The van der Waals surface area contributed by atoms with Crippen molar-refractivity contribution in [1.29, 1.82) is 0 Å². The normalized spacial score (nSPS) is 5.86. The van der Waals surface area contributed by atoms with Gasteiger partial charge in [0.25, 0.3) is 0 Å². The van der Waals surface area contributed by atoms with Crippen LogP contribution < -0.4 is 0 Å². The van der Waals surface area contributed by atoms with E-state index in [1.54, 1.807) is 0 Å². The maximum Gasteiger partial charge on any atom is 0.0381 e. The van der Waals surface area contributed by atoms with Crippen LogP contribution in [0.2, 0.25) is 0 Å². The summed E-state index contributed by atoms with van der Waals surface area (Å²) in [4.78, 5) is 3.30. The first kappa shape index (κ1) is 5.97. The molecule has 36 valence electrons. The lowest BCUT2D eigenvalue weighted by atomic mass is 10.4. The minimum absolute atomic E-state index is 0.812. The van der Waals surface area contributed by atoms with Crippen molar-refractivity contribution in [1.82, 2.24) is 0 Å². The molecule has 0 heterocycles. The van der Waals surface area contributed by atoms with Crippen LogP contribution in [0, 0.1) is 12.0 Å². The van der Waals surface area contributed by atoms with Gasteiger partial charge in [-0.15, -0.1) is 0 Å². The van der Waals surface area contributed by atoms with Gasteiger partial charge in [0.2, 0.25) is 0 Å². The number of hydrogen-bond donors (Lipinski definition) is 0. The lowest BCUT2D eigenvalue weighted by molar-refractivity contribution is 1.61. The number of rotatable bonds is 0. The molecule has 0 radical (unpaired) electrons. The van der Waals surface area contributed by atoms with Crippen LogP contribution in [0.4, 0.5) is 0 Å². The van der Waals surface area contributed by atoms with E-state index in [9.17, 15) is 0 Å². The molecule has 0 rings (SSSR count). The Kier molecular flexibility index (Phi) is 2.70. The molecule has 0 aromatic heterocycles. The van der Waals surface area contributed by atoms with E-state index < -0.39 is 0 Å². The molecule has 0 bridgehead atoms. The summed E-state index contributed by atoms with van der Waals surface area (Å²) in [6, 6.07) is 2.41. The molecule has 0 aromatic rings. The van der Waals surface area contributed by atoms with Gasteiger partial charge in [0.05, 0.1) is 0 Å². The van der Waals surface area contributed by atoms with E-state index in [0.29, 0.717) is 0 Å². The molecule has 0 fully saturated rings. The number of allylic oxidation sites excluding steroid dienone is 1. The average Bonchev–Trinajstić information content (AvgIpc) is 1.61. The van der Waals surface area contributed by atoms with Crippen molar-refractivity contribution in [3.63, 3.8) is 0 Å². The second-order valence-electron chi connectivity index (χ2n) is 1.18. The molecule has 1 heteroatoms. The standard InChI is InChI=1S/C6H7N/c1-6(2)4-5-7-3/h1,3H2,2H3. The van der Waals surface area contributed by atoms with Gasteiger partial charge in [-0.2, -0.15) is 0 Å². The molecule has 0 saturated carbocycles. The molecule has 0 unspecified atom stereocenters. The minimum Gasteiger partial charge on any atom is -0.214 e. The molecule has 1 nitrogen and oxygen atoms in total. The Balaban J connectivity index is 3.66. The Labute approximate surface area is 43.8 Å². The van der Waals surface area contributed by atoms with Gasteiger partial charge < -0.3 is 0 Å². The van der Waals surface area contributed by atoms with Crippen LogP contribution in [0.15, 0.2) is 17.1 Å². The number of nitrogens with zero attached hydrogens (tertiary/aromatic N) is 1. The van der Waals surface area contributed by atoms with Gasteiger partial charge in [-0.25, -0.2) is 4.99 Å². The van der Waals surface area contributed by atoms with E-state index in [2.05, 4.69) is 30.3 Å². The van der Waals surface area contributed by atoms with Gasteiger partial charge in [-0.05, 0) is 18.4 Å². The molecule has 0 aliphatic carbocycles. The fourth-order valence-electron chi connectivity index (χ4n) is 0.135. The molecule has 0 aliphatic rings. The Bertz CT molecular complexity index is 134. The zero-order valence-corrected chi connectivity index (χ0v) is 4.36. The highest BCUT2D eigenvalue weighted by atomic mass is 14.6. The van der Waals surface area contributed by atoms with Crippen LogP contribution in [0.3, 0.4) is 0 Å². The smallest absolute Gasteiger partial charge is 0.0381 e. The SMILES string of the molecule is C=NC#CC(=C)C. The molecule has 0 atom stereocenters. The average molecular weight is 93.1 g/mol. The summed E-state index contributed by atoms with van der Waals surface area (Å²) in [6.45, 7) is 8.52. The zero-order valence-electron chi connectivity index (χ0n) is 4.36. The first-order valence-corrected chi connectivity index (χ1v) is 1.89. The van der Waals surface area contributed by atoms with E-state index >= 15 is 0 Å². The molecule has 0 N–H and O–H groups in total. The van der Waals surface area contributed by atoms with Crippen LogP contribution in [0.25, 0.3) is 0 Å². The van der Waals surface area contributed by atoms with Crippen molar-refractivity contribution in [2.24, 2.45) is 4.99 Å². The van der Waals surface area contributed by atoms with Gasteiger partial charge >= 0.3 is 0 Å². The van der Waals surface area contributed by atoms with Crippen molar-refractivity contribution in [3.8, 4) is 12.0 Å². The van der Waals surface area contributed by atoms with Crippen molar-refractivity contribution >= 4 is 6.72 Å². The molecule has 0 spiro atoms. The van der Waals surface area contributed by atoms with Gasteiger partial charge in [0.1, 0.15) is 0 Å². The third-order valence-corrected chi connectivity index (χ3v) is 0.348. The molecule has 7 heavy (non-hydrogen) atoms. The van der Waals surface area contributed by atoms with E-state index in [1.165, 1.54) is 0 Å². The van der Waals surface area contributed by atoms with Crippen molar-refractivity contribution in [2.45, 2.75) is 6.92 Å². The van der Waals surface area contributed by atoms with Gasteiger partial charge in [-0.1, -0.05) is 6.58 Å². The monoisotopic (exact) mass is 93.1 g/mol. The molecule has 0 saturated heterocycles. The maximum absolute atomic E-state index is 3.53. The highest BCUT2D eigenvalue weighted by Crippen LogP contribution is 1.77. The summed E-state index contributed by atoms with van der Waals surface area (Å²) in [5.41, 5.74) is 0.812. The summed E-state index contributed by atoms with van der Waals surface area (Å²) in [6.07, 6.45) is 0. The van der Waals surface area contributed by atoms with Crippen LogP contribution in [-0.4, -0.2) is 6.72 Å². The fourth-order valence-corrected chi connectivity index (χ4v) is 0.135. The topological polar surface area (TPSA) is 12.4 Å². The van der Waals surface area contributed by atoms with Gasteiger partial charge in [-0.3, -0.25) is 0 Å². The van der Waals surface area contributed by atoms with Gasteiger partial charge in [0, 0.05) is 12.8 Å². The Morgan fingerprint density at radius 2 is 2.29 bits per heavy atom. The van der Waals surface area contributed by atoms with E-state index in [0.717, 1.165) is 5.57 Å². The fraction of sp³-hybridized carbons (Fsp3) is 0.167.